The fraction of sp³-hybridized carbons (Fsp3) is 0. The Kier molecular flexibility index (Phi) is 66.8. The molecule has 0 atom stereocenters. The monoisotopic (exact) mass is 473 g/mol. The first-order valence-corrected chi connectivity index (χ1v) is 1.79. The molecule has 0 aromatic rings. The van der Waals surface area contributed by atoms with Gasteiger partial charge in [0.15, 0.2) is 0 Å². The minimum absolute atomic E-state index is 0. The standard InChI is InChI=1S/Bi.Ca.O.Pb. The topological polar surface area (TPSA) is 17.1 Å². The van der Waals surface area contributed by atoms with Crippen LogP contribution in [0.4, 0.5) is 0 Å². The normalized spacial score (nSPS) is 1.00. The Morgan fingerprint density at radius 1 is 1.25 bits per heavy atom. The van der Waals surface area contributed by atoms with Crippen LogP contribution in [0.2, 0.25) is 0 Å². The van der Waals surface area contributed by atoms with Crippen molar-refractivity contribution in [2.45, 2.75) is 0 Å². The van der Waals surface area contributed by atoms with Gasteiger partial charge in [-0.15, -0.1) is 0 Å². The quantitative estimate of drug-likeness (QED) is 0.403. The summed E-state index contributed by atoms with van der Waals surface area (Å²) in [7, 11) is 0. The number of hydrogen-bond acceptors (Lipinski definition) is 1. The van der Waals surface area contributed by atoms with Crippen LogP contribution >= 0.6 is 0 Å². The molecule has 17 valence electrons. The van der Waals surface area contributed by atoms with Gasteiger partial charge in [0.25, 0.3) is 0 Å². The maximum atomic E-state index is 8.39. The van der Waals surface area contributed by atoms with E-state index in [2.05, 4.69) is 0 Å². The van der Waals surface area contributed by atoms with Crippen molar-refractivity contribution in [1.29, 1.82) is 0 Å². The van der Waals surface area contributed by atoms with Crippen LogP contribution in [0.1, 0.15) is 0 Å². The molecule has 0 aromatic heterocycles. The molecule has 0 saturated carbocycles. The van der Waals surface area contributed by atoms with Crippen molar-refractivity contribution in [3.8, 4) is 0 Å². The molecule has 0 aliphatic carbocycles. The van der Waals surface area contributed by atoms with Gasteiger partial charge in [-0.2, -0.15) is 0 Å². The van der Waals surface area contributed by atoms with E-state index in [0.29, 0.717) is 0 Å². The molecule has 0 unspecified atom stereocenters. The summed E-state index contributed by atoms with van der Waals surface area (Å²) in [5, 5.41) is 0. The molecule has 0 aliphatic heterocycles. The summed E-state index contributed by atoms with van der Waals surface area (Å²) in [6, 6.07) is 0. The van der Waals surface area contributed by atoms with E-state index < -0.39 is 0 Å². The van der Waals surface area contributed by atoms with Crippen molar-refractivity contribution in [2.75, 3.05) is 0 Å². The molecular weight excluding hydrogens is 472 g/mol. The molecule has 4 heavy (non-hydrogen) atoms. The Labute approximate surface area is 90.2 Å². The average molecular weight is 472 g/mol. The third kappa shape index (κ3) is 8.85. The van der Waals surface area contributed by atoms with E-state index in [4.69, 9.17) is 2.69 Å². The van der Waals surface area contributed by atoms with Crippen molar-refractivity contribution < 1.29 is 2.69 Å². The molecule has 0 amide bonds. The van der Waals surface area contributed by atoms with Crippen LogP contribution in [-0.4, -0.2) is 89.7 Å². The zero-order valence-corrected chi connectivity index (χ0v) is 11.6. The third-order valence-corrected chi connectivity index (χ3v) is 0. The van der Waals surface area contributed by atoms with Crippen molar-refractivity contribution >= 4 is 89.7 Å². The van der Waals surface area contributed by atoms with Crippen molar-refractivity contribution in [2.24, 2.45) is 0 Å². The van der Waals surface area contributed by atoms with Crippen LogP contribution in [0.15, 0.2) is 0 Å². The molecule has 7 radical (unpaired) electrons. The first-order chi connectivity index (χ1) is 1.00. The summed E-state index contributed by atoms with van der Waals surface area (Å²) in [6.07, 6.45) is 0. The fourth-order valence-electron chi connectivity index (χ4n) is 0. The van der Waals surface area contributed by atoms with E-state index in [-0.39, 0.29) is 89.7 Å². The molecule has 0 N–H and O–H groups in total. The van der Waals surface area contributed by atoms with Crippen molar-refractivity contribution in [3.05, 3.63) is 0 Å². The second kappa shape index (κ2) is 16.9. The van der Waals surface area contributed by atoms with Gasteiger partial charge in [0.05, 0.1) is 0 Å². The van der Waals surface area contributed by atoms with Crippen LogP contribution in [0.5, 0.6) is 0 Å². The number of rotatable bonds is 0. The van der Waals surface area contributed by atoms with E-state index >= 15 is 0 Å². The van der Waals surface area contributed by atoms with Gasteiger partial charge in [0.2, 0.25) is 0 Å². The summed E-state index contributed by atoms with van der Waals surface area (Å²) in [5.74, 6) is 0. The molecule has 0 saturated heterocycles. The van der Waals surface area contributed by atoms with Gasteiger partial charge in [0, 0.05) is 63.9 Å². The first-order valence-electron chi connectivity index (χ1n) is 0.204. The molecule has 0 spiro atoms. The second-order valence-corrected chi connectivity index (χ2v) is 0. The Hall–Kier alpha value is 2.86. The summed E-state index contributed by atoms with van der Waals surface area (Å²) >= 11 is 0.0556. The van der Waals surface area contributed by atoms with E-state index in [0.717, 1.165) is 0 Å². The van der Waals surface area contributed by atoms with Gasteiger partial charge in [-0.25, -0.2) is 0 Å². The molecule has 0 rings (SSSR count). The van der Waals surface area contributed by atoms with Crippen LogP contribution in [0, 0.1) is 0 Å². The Balaban J connectivity index is -0.00000000500. The van der Waals surface area contributed by atoms with Gasteiger partial charge < -0.3 is 0 Å². The predicted molar refractivity (Wildman–Crippen MR) is 17.9 cm³/mol. The molecule has 0 heterocycles. The second-order valence-electron chi connectivity index (χ2n) is 0. The summed E-state index contributed by atoms with van der Waals surface area (Å²) < 4.78 is 8.39. The summed E-state index contributed by atoms with van der Waals surface area (Å²) in [6.45, 7) is 0. The zero-order chi connectivity index (χ0) is 2.00. The Morgan fingerprint density at radius 2 is 1.25 bits per heavy atom. The van der Waals surface area contributed by atoms with Gasteiger partial charge in [-0.05, 0) is 0 Å². The van der Waals surface area contributed by atoms with E-state index in [1.54, 1.807) is 0 Å². The Morgan fingerprint density at radius 3 is 1.25 bits per heavy atom. The Bertz CT molecular complexity index is 8.00. The third-order valence-electron chi connectivity index (χ3n) is 0. The maximum absolute atomic E-state index is 8.39. The molecule has 1 nitrogen and oxygen atoms in total. The van der Waals surface area contributed by atoms with Crippen LogP contribution in [-0.2, 0) is 2.69 Å². The van der Waals surface area contributed by atoms with Crippen LogP contribution in [0.3, 0.4) is 0 Å². The summed E-state index contributed by atoms with van der Waals surface area (Å²) in [4.78, 5) is 0. The van der Waals surface area contributed by atoms with Crippen LogP contribution in [0.25, 0.3) is 0 Å². The molecule has 0 aliphatic rings. The average Bonchev–Trinajstić information content (AvgIpc) is 1.00. The van der Waals surface area contributed by atoms with E-state index in [1.807, 2.05) is 0 Å². The van der Waals surface area contributed by atoms with Gasteiger partial charge in [0.1, 0.15) is 0 Å². The first kappa shape index (κ1) is 15.8. The predicted octanol–water partition coefficient (Wildman–Crippen LogP) is -1.26. The van der Waals surface area contributed by atoms with Crippen molar-refractivity contribution in [3.63, 3.8) is 0 Å². The summed E-state index contributed by atoms with van der Waals surface area (Å²) in [5.41, 5.74) is 0. The minimum atomic E-state index is 0. The van der Waals surface area contributed by atoms with Gasteiger partial charge in [-0.1, -0.05) is 0 Å². The van der Waals surface area contributed by atoms with Gasteiger partial charge in [-0.3, -0.25) is 0 Å². The van der Waals surface area contributed by atoms with Crippen LogP contribution < -0.4 is 0 Å². The number of hydrogen-bond donors (Lipinski definition) is 0. The molecule has 0 fully saturated rings. The SMILES string of the molecule is [Bi].[Ca].[O]=[Pb]. The molecular formula is BiCaOPb. The fourth-order valence-corrected chi connectivity index (χ4v) is 0. The molecule has 0 bridgehead atoms. The van der Waals surface area contributed by atoms with E-state index in [1.165, 1.54) is 0 Å². The molecule has 0 aromatic carbocycles. The van der Waals surface area contributed by atoms with Gasteiger partial charge >= 0.3 is 28.5 Å². The molecule has 4 heteroatoms. The zero-order valence-electron chi connectivity index (χ0n) is 2.06. The van der Waals surface area contributed by atoms with E-state index in [9.17, 15) is 0 Å². The van der Waals surface area contributed by atoms with Crippen molar-refractivity contribution in [1.82, 2.24) is 0 Å².